The Bertz CT molecular complexity index is 284. The van der Waals surface area contributed by atoms with Crippen LogP contribution in [0.25, 0.3) is 0 Å². The van der Waals surface area contributed by atoms with Crippen LogP contribution in [0.2, 0.25) is 0 Å². The lowest BCUT2D eigenvalue weighted by atomic mass is 10.1. The Morgan fingerprint density at radius 1 is 1.43 bits per heavy atom. The lowest BCUT2D eigenvalue weighted by molar-refractivity contribution is -0.128. The summed E-state index contributed by atoms with van der Waals surface area (Å²) in [4.78, 5) is 9.87. The highest BCUT2D eigenvalue weighted by molar-refractivity contribution is 5.36. The second-order valence-corrected chi connectivity index (χ2v) is 2.92. The molecule has 0 aliphatic rings. The van der Waals surface area contributed by atoms with Gasteiger partial charge in [0.25, 0.3) is 6.47 Å². The molecule has 0 bridgehead atoms. The molecule has 0 N–H and O–H groups in total. The Kier molecular flexibility index (Phi) is 4.55. The summed E-state index contributed by atoms with van der Waals surface area (Å²) >= 11 is 0. The fraction of sp³-hybridized carbons (Fsp3) is 0.364. The van der Waals surface area contributed by atoms with E-state index >= 15 is 0 Å². The zero-order valence-corrected chi connectivity index (χ0v) is 8.23. The van der Waals surface area contributed by atoms with Gasteiger partial charge in [-0.2, -0.15) is 0 Å². The summed E-state index contributed by atoms with van der Waals surface area (Å²) in [5.41, 5.74) is 1.19. The van der Waals surface area contributed by atoms with Gasteiger partial charge in [-0.3, -0.25) is 4.79 Å². The molecule has 3 nitrogen and oxygen atoms in total. The van der Waals surface area contributed by atoms with Gasteiger partial charge in [-0.25, -0.2) is 0 Å². The number of aryl methyl sites for hydroxylation is 1. The average molecular weight is 194 g/mol. The van der Waals surface area contributed by atoms with E-state index in [0.717, 1.165) is 18.6 Å². The summed E-state index contributed by atoms with van der Waals surface area (Å²) in [5, 5.41) is 0. The number of ether oxygens (including phenoxy) is 2. The summed E-state index contributed by atoms with van der Waals surface area (Å²) in [6, 6.07) is 7.88. The molecule has 0 atom stereocenters. The van der Waals surface area contributed by atoms with Gasteiger partial charge in [0.1, 0.15) is 5.75 Å². The van der Waals surface area contributed by atoms with Gasteiger partial charge in [-0.05, 0) is 30.5 Å². The predicted octanol–water partition coefficient (Wildman–Crippen LogP) is 1.80. The first-order chi connectivity index (χ1) is 6.86. The van der Waals surface area contributed by atoms with E-state index < -0.39 is 0 Å². The van der Waals surface area contributed by atoms with Gasteiger partial charge in [-0.1, -0.05) is 12.1 Å². The number of rotatable bonds is 6. The number of hydrogen-bond acceptors (Lipinski definition) is 3. The lowest BCUT2D eigenvalue weighted by Gasteiger charge is -2.03. The van der Waals surface area contributed by atoms with Gasteiger partial charge in [0.2, 0.25) is 0 Å². The van der Waals surface area contributed by atoms with Gasteiger partial charge in [0.15, 0.2) is 0 Å². The van der Waals surface area contributed by atoms with E-state index in [1.54, 1.807) is 7.11 Å². The molecular weight excluding hydrogens is 180 g/mol. The average Bonchev–Trinajstić information content (AvgIpc) is 2.25. The zero-order chi connectivity index (χ0) is 10.2. The van der Waals surface area contributed by atoms with Crippen molar-refractivity contribution >= 4 is 6.47 Å². The summed E-state index contributed by atoms with van der Waals surface area (Å²) in [6.45, 7) is 0.951. The maximum absolute atomic E-state index is 9.87. The highest BCUT2D eigenvalue weighted by Crippen LogP contribution is 2.13. The molecule has 0 saturated carbocycles. The van der Waals surface area contributed by atoms with Crippen LogP contribution in [0.15, 0.2) is 24.3 Å². The Hall–Kier alpha value is -1.51. The molecule has 76 valence electrons. The third-order valence-corrected chi connectivity index (χ3v) is 1.93. The first-order valence-corrected chi connectivity index (χ1v) is 4.55. The van der Waals surface area contributed by atoms with Crippen molar-refractivity contribution in [3.63, 3.8) is 0 Å². The SMILES string of the molecule is COc1cccc(CCCOC=O)c1. The maximum Gasteiger partial charge on any atom is 0.293 e. The minimum atomic E-state index is 0.473. The highest BCUT2D eigenvalue weighted by Gasteiger charge is 1.95. The molecule has 0 radical (unpaired) electrons. The maximum atomic E-state index is 9.87. The fourth-order valence-corrected chi connectivity index (χ4v) is 1.24. The van der Waals surface area contributed by atoms with Gasteiger partial charge in [0, 0.05) is 0 Å². The minimum absolute atomic E-state index is 0.473. The minimum Gasteiger partial charge on any atom is -0.497 e. The van der Waals surface area contributed by atoms with Gasteiger partial charge in [-0.15, -0.1) is 0 Å². The molecule has 0 aliphatic heterocycles. The third-order valence-electron chi connectivity index (χ3n) is 1.93. The van der Waals surface area contributed by atoms with Crippen LogP contribution in [-0.2, 0) is 16.0 Å². The predicted molar refractivity (Wildman–Crippen MR) is 53.3 cm³/mol. The first-order valence-electron chi connectivity index (χ1n) is 4.55. The van der Waals surface area contributed by atoms with E-state index in [1.165, 1.54) is 5.56 Å². The van der Waals surface area contributed by atoms with Crippen LogP contribution < -0.4 is 4.74 Å². The molecule has 1 aromatic rings. The molecule has 0 fully saturated rings. The summed E-state index contributed by atoms with van der Waals surface area (Å²) in [7, 11) is 1.65. The molecule has 0 heterocycles. The molecule has 3 heteroatoms. The van der Waals surface area contributed by atoms with Crippen molar-refractivity contribution in [1.82, 2.24) is 0 Å². The zero-order valence-electron chi connectivity index (χ0n) is 8.23. The van der Waals surface area contributed by atoms with Crippen molar-refractivity contribution in [3.05, 3.63) is 29.8 Å². The molecule has 1 rings (SSSR count). The van der Waals surface area contributed by atoms with Crippen molar-refractivity contribution in [1.29, 1.82) is 0 Å². The number of benzene rings is 1. The van der Waals surface area contributed by atoms with Crippen LogP contribution in [0.3, 0.4) is 0 Å². The van der Waals surface area contributed by atoms with Crippen LogP contribution in [0.1, 0.15) is 12.0 Å². The molecule has 0 amide bonds. The Morgan fingerprint density at radius 2 is 2.29 bits per heavy atom. The Balaban J connectivity index is 2.38. The van der Waals surface area contributed by atoms with E-state index in [-0.39, 0.29) is 0 Å². The van der Waals surface area contributed by atoms with E-state index in [0.29, 0.717) is 13.1 Å². The van der Waals surface area contributed by atoms with Crippen molar-refractivity contribution < 1.29 is 14.3 Å². The van der Waals surface area contributed by atoms with Crippen LogP contribution in [-0.4, -0.2) is 20.2 Å². The van der Waals surface area contributed by atoms with Crippen molar-refractivity contribution in [2.75, 3.05) is 13.7 Å². The Morgan fingerprint density at radius 3 is 3.00 bits per heavy atom. The largest absolute Gasteiger partial charge is 0.497 e. The number of methoxy groups -OCH3 is 1. The lowest BCUT2D eigenvalue weighted by Crippen LogP contribution is -1.95. The molecule has 0 unspecified atom stereocenters. The van der Waals surface area contributed by atoms with Crippen LogP contribution in [0.4, 0.5) is 0 Å². The standard InChI is InChI=1S/C11H14O3/c1-13-11-6-2-4-10(8-11)5-3-7-14-9-12/h2,4,6,8-9H,3,5,7H2,1H3. The molecule has 1 aromatic carbocycles. The molecular formula is C11H14O3. The van der Waals surface area contributed by atoms with E-state index in [4.69, 9.17) is 4.74 Å². The second kappa shape index (κ2) is 6.02. The van der Waals surface area contributed by atoms with Crippen molar-refractivity contribution in [2.24, 2.45) is 0 Å². The monoisotopic (exact) mass is 194 g/mol. The number of carbonyl (C=O) groups is 1. The van der Waals surface area contributed by atoms with Crippen molar-refractivity contribution in [3.8, 4) is 5.75 Å². The van der Waals surface area contributed by atoms with Crippen LogP contribution in [0, 0.1) is 0 Å². The smallest absolute Gasteiger partial charge is 0.293 e. The van der Waals surface area contributed by atoms with Crippen LogP contribution >= 0.6 is 0 Å². The third kappa shape index (κ3) is 3.47. The summed E-state index contributed by atoms with van der Waals surface area (Å²) in [6.07, 6.45) is 1.73. The van der Waals surface area contributed by atoms with Crippen molar-refractivity contribution in [2.45, 2.75) is 12.8 Å². The molecule has 0 aliphatic carbocycles. The normalized spacial score (nSPS) is 9.50. The summed E-state index contributed by atoms with van der Waals surface area (Å²) < 4.78 is 9.69. The van der Waals surface area contributed by atoms with E-state index in [9.17, 15) is 4.79 Å². The number of hydrogen-bond donors (Lipinski definition) is 0. The van der Waals surface area contributed by atoms with Gasteiger partial charge in [0.05, 0.1) is 13.7 Å². The molecule has 14 heavy (non-hydrogen) atoms. The van der Waals surface area contributed by atoms with E-state index in [1.807, 2.05) is 24.3 Å². The van der Waals surface area contributed by atoms with E-state index in [2.05, 4.69) is 4.74 Å². The van der Waals surface area contributed by atoms with Crippen LogP contribution in [0.5, 0.6) is 5.75 Å². The quantitative estimate of drug-likeness (QED) is 0.511. The molecule has 0 spiro atoms. The van der Waals surface area contributed by atoms with Gasteiger partial charge >= 0.3 is 0 Å². The fourth-order valence-electron chi connectivity index (χ4n) is 1.24. The highest BCUT2D eigenvalue weighted by atomic mass is 16.5. The second-order valence-electron chi connectivity index (χ2n) is 2.92. The Labute approximate surface area is 83.6 Å². The molecule has 0 aromatic heterocycles. The number of carbonyl (C=O) groups excluding carboxylic acids is 1. The molecule has 0 saturated heterocycles. The first kappa shape index (κ1) is 10.6. The summed E-state index contributed by atoms with van der Waals surface area (Å²) in [5.74, 6) is 0.860. The van der Waals surface area contributed by atoms with Gasteiger partial charge < -0.3 is 9.47 Å². The topological polar surface area (TPSA) is 35.5 Å².